The van der Waals surface area contributed by atoms with Gasteiger partial charge < -0.3 is 37.6 Å². The minimum absolute atomic E-state index is 0.174. The molecule has 0 aliphatic heterocycles. The standard InChI is InChI=1S/C33H65N5O5.C2H4O2/c1-4-5-6-7-8-9-10-11-12-13-14-15-16-23-29(39)36-27(21-17-19-24-34)31(40)38-30(26(2)3)32(41)37-28(33(42)43)22-18-20-25-35;1-2(3)4/h26-28,30H,4-25,34-35H2,1-3H3,(H,36,39)(H,37,41)(H,38,40)(H,42,43);1H3,(H,3,4). The molecule has 0 rings (SSSR count). The monoisotopic (exact) mass is 672 g/mol. The molecule has 3 amide bonds. The summed E-state index contributed by atoms with van der Waals surface area (Å²) in [6.07, 6.45) is 19.6. The van der Waals surface area contributed by atoms with Crippen molar-refractivity contribution in [1.29, 1.82) is 0 Å². The topological polar surface area (TPSA) is 214 Å². The summed E-state index contributed by atoms with van der Waals surface area (Å²) >= 11 is 0. The summed E-state index contributed by atoms with van der Waals surface area (Å²) in [6, 6.07) is -2.77. The van der Waals surface area contributed by atoms with Crippen molar-refractivity contribution in [3.63, 3.8) is 0 Å². The Morgan fingerprint density at radius 2 is 1.00 bits per heavy atom. The second-order valence-electron chi connectivity index (χ2n) is 12.8. The predicted octanol–water partition coefficient (Wildman–Crippen LogP) is 5.01. The average Bonchev–Trinajstić information content (AvgIpc) is 3.00. The highest BCUT2D eigenvalue weighted by molar-refractivity contribution is 5.93. The molecule has 3 atom stereocenters. The van der Waals surface area contributed by atoms with Crippen molar-refractivity contribution in [3.8, 4) is 0 Å². The van der Waals surface area contributed by atoms with Crippen LogP contribution in [0.1, 0.15) is 156 Å². The highest BCUT2D eigenvalue weighted by atomic mass is 16.4. The molecule has 12 nitrogen and oxygen atoms in total. The zero-order chi connectivity index (χ0) is 35.9. The summed E-state index contributed by atoms with van der Waals surface area (Å²) in [4.78, 5) is 59.6. The Labute approximate surface area is 284 Å². The minimum atomic E-state index is -1.13. The molecule has 0 heterocycles. The number of carboxylic acids is 2. The van der Waals surface area contributed by atoms with Crippen LogP contribution in [-0.4, -0.2) is 71.1 Å². The van der Waals surface area contributed by atoms with Gasteiger partial charge in [-0.2, -0.15) is 0 Å². The number of unbranched alkanes of at least 4 members (excludes halogenated alkanes) is 14. The third-order valence-electron chi connectivity index (χ3n) is 7.91. The van der Waals surface area contributed by atoms with Gasteiger partial charge in [-0.15, -0.1) is 0 Å². The number of hydrogen-bond acceptors (Lipinski definition) is 7. The first-order valence-electron chi connectivity index (χ1n) is 18.1. The smallest absolute Gasteiger partial charge is 0.326 e. The van der Waals surface area contributed by atoms with Crippen LogP contribution in [0.15, 0.2) is 0 Å². The van der Waals surface area contributed by atoms with Crippen LogP contribution < -0.4 is 27.4 Å². The average molecular weight is 672 g/mol. The fourth-order valence-electron chi connectivity index (χ4n) is 5.13. The summed E-state index contributed by atoms with van der Waals surface area (Å²) in [6.45, 7) is 7.83. The summed E-state index contributed by atoms with van der Waals surface area (Å²) in [5.41, 5.74) is 11.1. The van der Waals surface area contributed by atoms with E-state index in [1.807, 2.05) is 0 Å². The summed E-state index contributed by atoms with van der Waals surface area (Å²) < 4.78 is 0. The second-order valence-corrected chi connectivity index (χ2v) is 12.8. The zero-order valence-electron chi connectivity index (χ0n) is 30.0. The highest BCUT2D eigenvalue weighted by Gasteiger charge is 2.31. The van der Waals surface area contributed by atoms with E-state index in [0.29, 0.717) is 45.2 Å². The van der Waals surface area contributed by atoms with Crippen molar-refractivity contribution in [2.24, 2.45) is 17.4 Å². The van der Waals surface area contributed by atoms with Gasteiger partial charge in [0.2, 0.25) is 17.7 Å². The third kappa shape index (κ3) is 29.2. The van der Waals surface area contributed by atoms with Gasteiger partial charge in [0.1, 0.15) is 18.1 Å². The zero-order valence-corrected chi connectivity index (χ0v) is 30.0. The Morgan fingerprint density at radius 3 is 1.40 bits per heavy atom. The molecule has 0 fully saturated rings. The van der Waals surface area contributed by atoms with E-state index in [0.717, 1.165) is 32.6 Å². The Kier molecular flexibility index (Phi) is 31.4. The molecule has 47 heavy (non-hydrogen) atoms. The Morgan fingerprint density at radius 1 is 0.574 bits per heavy atom. The first kappa shape index (κ1) is 46.4. The Bertz CT molecular complexity index is 837. The molecular weight excluding hydrogens is 602 g/mol. The van der Waals surface area contributed by atoms with Gasteiger partial charge in [0, 0.05) is 13.3 Å². The number of nitrogens with two attached hydrogens (primary N) is 2. The molecule has 0 bridgehead atoms. The second kappa shape index (κ2) is 31.8. The Balaban J connectivity index is 0. The van der Waals surface area contributed by atoms with Crippen LogP contribution in [0.2, 0.25) is 0 Å². The lowest BCUT2D eigenvalue weighted by Gasteiger charge is -2.26. The number of hydrogen-bond donors (Lipinski definition) is 7. The van der Waals surface area contributed by atoms with Gasteiger partial charge in [-0.3, -0.25) is 19.2 Å². The van der Waals surface area contributed by atoms with Crippen molar-refractivity contribution in [1.82, 2.24) is 16.0 Å². The molecule has 0 saturated heterocycles. The molecule has 0 aromatic carbocycles. The number of aliphatic carboxylic acids is 2. The van der Waals surface area contributed by atoms with E-state index in [1.54, 1.807) is 13.8 Å². The molecule has 0 aromatic heterocycles. The maximum absolute atomic E-state index is 13.2. The lowest BCUT2D eigenvalue weighted by molar-refractivity contribution is -0.143. The van der Waals surface area contributed by atoms with Crippen LogP contribution in [0, 0.1) is 5.92 Å². The van der Waals surface area contributed by atoms with Crippen LogP contribution in [-0.2, 0) is 24.0 Å². The number of carboxylic acid groups (broad SMARTS) is 2. The molecule has 0 aliphatic carbocycles. The van der Waals surface area contributed by atoms with E-state index in [9.17, 15) is 24.3 Å². The largest absolute Gasteiger partial charge is 0.481 e. The van der Waals surface area contributed by atoms with Crippen molar-refractivity contribution >= 4 is 29.7 Å². The number of amides is 3. The van der Waals surface area contributed by atoms with Crippen LogP contribution in [0.4, 0.5) is 0 Å². The Hall–Kier alpha value is -2.73. The van der Waals surface area contributed by atoms with E-state index in [4.69, 9.17) is 21.4 Å². The molecule has 9 N–H and O–H groups in total. The SMILES string of the molecule is CC(=O)O.CCCCCCCCCCCCCCCC(=O)NC(CCCCN)C(=O)NC(C(=O)NC(CCCCN)C(=O)O)C(C)C. The first-order chi connectivity index (χ1) is 22.4. The number of rotatable bonds is 29. The molecule has 0 spiro atoms. The van der Waals surface area contributed by atoms with Gasteiger partial charge in [-0.05, 0) is 64.0 Å². The molecule has 12 heteroatoms. The fraction of sp³-hybridized carbons (Fsp3) is 0.857. The number of nitrogens with one attached hydrogen (secondary N) is 3. The van der Waals surface area contributed by atoms with Crippen LogP contribution in [0.3, 0.4) is 0 Å². The van der Waals surface area contributed by atoms with Crippen molar-refractivity contribution in [2.45, 2.75) is 174 Å². The fourth-order valence-corrected chi connectivity index (χ4v) is 5.13. The van der Waals surface area contributed by atoms with Gasteiger partial charge in [0.15, 0.2) is 0 Å². The van der Waals surface area contributed by atoms with E-state index in [1.165, 1.54) is 64.2 Å². The lowest BCUT2D eigenvalue weighted by atomic mass is 10.0. The third-order valence-corrected chi connectivity index (χ3v) is 7.91. The maximum Gasteiger partial charge on any atom is 0.326 e. The van der Waals surface area contributed by atoms with Gasteiger partial charge in [-0.1, -0.05) is 97.8 Å². The van der Waals surface area contributed by atoms with Crippen LogP contribution >= 0.6 is 0 Å². The molecular formula is C35H69N5O7. The predicted molar refractivity (Wildman–Crippen MR) is 188 cm³/mol. The lowest BCUT2D eigenvalue weighted by Crippen LogP contribution is -2.57. The molecule has 276 valence electrons. The van der Waals surface area contributed by atoms with Crippen LogP contribution in [0.25, 0.3) is 0 Å². The van der Waals surface area contributed by atoms with Gasteiger partial charge in [-0.25, -0.2) is 4.79 Å². The van der Waals surface area contributed by atoms with E-state index in [2.05, 4.69) is 22.9 Å². The highest BCUT2D eigenvalue weighted by Crippen LogP contribution is 2.13. The normalized spacial score (nSPS) is 12.7. The first-order valence-corrected chi connectivity index (χ1v) is 18.1. The molecule has 3 unspecified atom stereocenters. The molecule has 0 aliphatic rings. The van der Waals surface area contributed by atoms with Gasteiger partial charge in [0.25, 0.3) is 5.97 Å². The summed E-state index contributed by atoms with van der Waals surface area (Å²) in [5, 5.41) is 25.1. The van der Waals surface area contributed by atoms with Gasteiger partial charge in [0.05, 0.1) is 0 Å². The summed E-state index contributed by atoms with van der Waals surface area (Å²) in [7, 11) is 0. The number of carbonyl (C=O) groups excluding carboxylic acids is 3. The minimum Gasteiger partial charge on any atom is -0.481 e. The van der Waals surface area contributed by atoms with Crippen molar-refractivity contribution in [2.75, 3.05) is 13.1 Å². The van der Waals surface area contributed by atoms with E-state index in [-0.39, 0.29) is 18.2 Å². The molecule has 0 saturated carbocycles. The maximum atomic E-state index is 13.2. The molecule has 0 aromatic rings. The van der Waals surface area contributed by atoms with E-state index < -0.39 is 41.9 Å². The van der Waals surface area contributed by atoms with E-state index >= 15 is 0 Å². The quantitative estimate of drug-likeness (QED) is 0.0531. The molecule has 0 radical (unpaired) electrons. The van der Waals surface area contributed by atoms with Crippen molar-refractivity contribution in [3.05, 3.63) is 0 Å². The summed E-state index contributed by atoms with van der Waals surface area (Å²) in [5.74, 6) is -3.41. The van der Waals surface area contributed by atoms with Crippen LogP contribution in [0.5, 0.6) is 0 Å². The van der Waals surface area contributed by atoms with Gasteiger partial charge >= 0.3 is 5.97 Å². The van der Waals surface area contributed by atoms with Crippen molar-refractivity contribution < 1.29 is 34.2 Å². The number of carbonyl (C=O) groups is 5.